The van der Waals surface area contributed by atoms with Crippen LogP contribution >= 0.6 is 0 Å². The van der Waals surface area contributed by atoms with Crippen LogP contribution in [0.4, 0.5) is 0 Å². The van der Waals surface area contributed by atoms with Crippen LogP contribution in [0.2, 0.25) is 0 Å². The van der Waals surface area contributed by atoms with Gasteiger partial charge in [0, 0.05) is 6.42 Å². The molecule has 0 aromatic carbocycles. The monoisotopic (exact) mass is 229 g/mol. The highest BCUT2D eigenvalue weighted by Crippen LogP contribution is 2.09. The summed E-state index contributed by atoms with van der Waals surface area (Å²) in [6.07, 6.45) is 7.12. The fraction of sp³-hybridized carbons (Fsp3) is 0.923. The number of unbranched alkanes of at least 4 members (excludes halogenated alkanes) is 4. The van der Waals surface area contributed by atoms with Crippen molar-refractivity contribution in [3.8, 4) is 0 Å². The number of carbonyl (C=O) groups excluding carboxylic acids is 1. The minimum atomic E-state index is -0.444. The quantitative estimate of drug-likeness (QED) is 0.597. The van der Waals surface area contributed by atoms with Gasteiger partial charge in [0.15, 0.2) is 0 Å². The molecule has 0 spiro atoms. The first-order valence-electron chi connectivity index (χ1n) is 6.50. The zero-order valence-electron chi connectivity index (χ0n) is 11.0. The maximum absolute atomic E-state index is 11.6. The van der Waals surface area contributed by atoms with Gasteiger partial charge in [-0.3, -0.25) is 4.79 Å². The Bertz CT molecular complexity index is 188. The number of amides is 1. The summed E-state index contributed by atoms with van der Waals surface area (Å²) >= 11 is 0. The molecule has 0 saturated carbocycles. The van der Waals surface area contributed by atoms with Crippen molar-refractivity contribution in [3.63, 3.8) is 0 Å². The molecule has 1 amide bonds. The van der Waals surface area contributed by atoms with Crippen LogP contribution in [0.1, 0.15) is 65.7 Å². The third-order valence-corrected chi connectivity index (χ3v) is 3.08. The molecule has 0 aromatic heterocycles. The van der Waals surface area contributed by atoms with Crippen LogP contribution in [0.3, 0.4) is 0 Å². The van der Waals surface area contributed by atoms with E-state index in [-0.39, 0.29) is 12.5 Å². The van der Waals surface area contributed by atoms with Crippen molar-refractivity contribution >= 4 is 5.91 Å². The smallest absolute Gasteiger partial charge is 0.220 e. The summed E-state index contributed by atoms with van der Waals surface area (Å²) in [6, 6.07) is 0. The highest BCUT2D eigenvalue weighted by atomic mass is 16.3. The molecule has 0 aliphatic carbocycles. The van der Waals surface area contributed by atoms with Crippen molar-refractivity contribution in [2.75, 3.05) is 6.61 Å². The van der Waals surface area contributed by atoms with Crippen LogP contribution in [0.5, 0.6) is 0 Å². The van der Waals surface area contributed by atoms with Crippen LogP contribution in [-0.4, -0.2) is 23.2 Å². The first-order chi connectivity index (χ1) is 7.58. The normalized spacial score (nSPS) is 14.5. The van der Waals surface area contributed by atoms with Crippen molar-refractivity contribution in [3.05, 3.63) is 0 Å². The van der Waals surface area contributed by atoms with Crippen LogP contribution in [0.15, 0.2) is 0 Å². The van der Waals surface area contributed by atoms with Gasteiger partial charge in [-0.15, -0.1) is 0 Å². The highest BCUT2D eigenvalue weighted by Gasteiger charge is 2.22. The van der Waals surface area contributed by atoms with Gasteiger partial charge in [-0.2, -0.15) is 0 Å². The zero-order valence-corrected chi connectivity index (χ0v) is 11.0. The molecule has 0 fully saturated rings. The molecule has 3 heteroatoms. The summed E-state index contributed by atoms with van der Waals surface area (Å²) in [4.78, 5) is 11.6. The summed E-state index contributed by atoms with van der Waals surface area (Å²) in [5.41, 5.74) is -0.444. The minimum absolute atomic E-state index is 0.00503. The molecule has 0 aliphatic heterocycles. The first kappa shape index (κ1) is 15.4. The van der Waals surface area contributed by atoms with E-state index in [0.29, 0.717) is 6.42 Å². The Hall–Kier alpha value is -0.570. The maximum atomic E-state index is 11.6. The van der Waals surface area contributed by atoms with E-state index in [9.17, 15) is 4.79 Å². The Balaban J connectivity index is 3.65. The van der Waals surface area contributed by atoms with Crippen molar-refractivity contribution in [2.24, 2.45) is 0 Å². The van der Waals surface area contributed by atoms with Crippen LogP contribution in [0, 0.1) is 0 Å². The molecular weight excluding hydrogens is 202 g/mol. The first-order valence-corrected chi connectivity index (χ1v) is 6.50. The van der Waals surface area contributed by atoms with Gasteiger partial charge >= 0.3 is 0 Å². The standard InChI is InChI=1S/C13H27NO2/c1-4-6-7-8-9-10-12(16)14-13(3,5-2)11-15/h15H,4-11H2,1-3H3,(H,14,16). The summed E-state index contributed by atoms with van der Waals surface area (Å²) in [5.74, 6) is 0.0647. The Labute approximate surface area is 99.6 Å². The molecule has 1 unspecified atom stereocenters. The number of carbonyl (C=O) groups is 1. The van der Waals surface area contributed by atoms with E-state index in [1.807, 2.05) is 13.8 Å². The van der Waals surface area contributed by atoms with Gasteiger partial charge in [-0.1, -0.05) is 39.5 Å². The fourth-order valence-electron chi connectivity index (χ4n) is 1.53. The second-order valence-corrected chi connectivity index (χ2v) is 4.78. The summed E-state index contributed by atoms with van der Waals surface area (Å²) in [6.45, 7) is 6.03. The summed E-state index contributed by atoms with van der Waals surface area (Å²) in [7, 11) is 0. The van der Waals surface area contributed by atoms with Crippen molar-refractivity contribution < 1.29 is 9.90 Å². The second kappa shape index (κ2) is 8.57. The molecule has 16 heavy (non-hydrogen) atoms. The van der Waals surface area contributed by atoms with Gasteiger partial charge in [0.25, 0.3) is 0 Å². The van der Waals surface area contributed by atoms with E-state index in [2.05, 4.69) is 12.2 Å². The van der Waals surface area contributed by atoms with Crippen molar-refractivity contribution in [1.29, 1.82) is 0 Å². The number of hydrogen-bond donors (Lipinski definition) is 2. The fourth-order valence-corrected chi connectivity index (χ4v) is 1.53. The number of aliphatic hydroxyl groups excluding tert-OH is 1. The summed E-state index contributed by atoms with van der Waals surface area (Å²) < 4.78 is 0. The lowest BCUT2D eigenvalue weighted by molar-refractivity contribution is -0.123. The topological polar surface area (TPSA) is 49.3 Å². The van der Waals surface area contributed by atoms with Gasteiger partial charge in [-0.05, 0) is 19.8 Å². The van der Waals surface area contributed by atoms with E-state index >= 15 is 0 Å². The van der Waals surface area contributed by atoms with Gasteiger partial charge in [0.1, 0.15) is 0 Å². The van der Waals surface area contributed by atoms with Crippen molar-refractivity contribution in [2.45, 2.75) is 71.3 Å². The molecule has 0 rings (SSSR count). The molecule has 2 N–H and O–H groups in total. The molecule has 0 saturated heterocycles. The maximum Gasteiger partial charge on any atom is 0.220 e. The van der Waals surface area contributed by atoms with E-state index in [1.165, 1.54) is 19.3 Å². The van der Waals surface area contributed by atoms with Gasteiger partial charge in [-0.25, -0.2) is 0 Å². The van der Waals surface area contributed by atoms with Crippen molar-refractivity contribution in [1.82, 2.24) is 5.32 Å². The van der Waals surface area contributed by atoms with E-state index < -0.39 is 5.54 Å². The lowest BCUT2D eigenvalue weighted by Gasteiger charge is -2.27. The highest BCUT2D eigenvalue weighted by molar-refractivity contribution is 5.76. The third-order valence-electron chi connectivity index (χ3n) is 3.08. The largest absolute Gasteiger partial charge is 0.394 e. The Morgan fingerprint density at radius 2 is 1.81 bits per heavy atom. The van der Waals surface area contributed by atoms with E-state index in [0.717, 1.165) is 19.3 Å². The predicted octanol–water partition coefficient (Wildman–Crippen LogP) is 2.62. The minimum Gasteiger partial charge on any atom is -0.394 e. The SMILES string of the molecule is CCCCCCCC(=O)NC(C)(CC)CO. The zero-order chi connectivity index (χ0) is 12.4. The van der Waals surface area contributed by atoms with Gasteiger partial charge in [0.05, 0.1) is 12.1 Å². The molecule has 0 radical (unpaired) electrons. The van der Waals surface area contributed by atoms with Crippen LogP contribution in [-0.2, 0) is 4.79 Å². The lowest BCUT2D eigenvalue weighted by Crippen LogP contribution is -2.48. The third kappa shape index (κ3) is 6.83. The van der Waals surface area contributed by atoms with Crippen LogP contribution in [0.25, 0.3) is 0 Å². The molecule has 1 atom stereocenters. The Morgan fingerprint density at radius 1 is 1.19 bits per heavy atom. The Morgan fingerprint density at radius 3 is 2.31 bits per heavy atom. The second-order valence-electron chi connectivity index (χ2n) is 4.78. The lowest BCUT2D eigenvalue weighted by atomic mass is 10.00. The molecule has 0 aliphatic rings. The average molecular weight is 229 g/mol. The molecule has 0 bridgehead atoms. The Kier molecular flexibility index (Phi) is 8.26. The molecule has 96 valence electrons. The number of rotatable bonds is 9. The molecular formula is C13H27NO2. The number of aliphatic hydroxyl groups is 1. The van der Waals surface area contributed by atoms with Gasteiger partial charge in [0.2, 0.25) is 5.91 Å². The van der Waals surface area contributed by atoms with Crippen LogP contribution < -0.4 is 5.32 Å². The predicted molar refractivity (Wildman–Crippen MR) is 67.3 cm³/mol. The van der Waals surface area contributed by atoms with E-state index in [1.54, 1.807) is 0 Å². The molecule has 0 aromatic rings. The summed E-state index contributed by atoms with van der Waals surface area (Å²) in [5, 5.41) is 12.1. The van der Waals surface area contributed by atoms with E-state index in [4.69, 9.17) is 5.11 Å². The number of nitrogens with one attached hydrogen (secondary N) is 1. The molecule has 0 heterocycles. The van der Waals surface area contributed by atoms with Gasteiger partial charge < -0.3 is 10.4 Å². The average Bonchev–Trinajstić information content (AvgIpc) is 2.28. The number of hydrogen-bond acceptors (Lipinski definition) is 2. The molecule has 3 nitrogen and oxygen atoms in total.